The largest absolute Gasteiger partial charge is 0.395 e. The Morgan fingerprint density at radius 1 is 1.56 bits per heavy atom. The Kier molecular flexibility index (Phi) is 3.60. The molecule has 0 aliphatic heterocycles. The predicted molar refractivity (Wildman–Crippen MR) is 66.2 cm³/mol. The summed E-state index contributed by atoms with van der Waals surface area (Å²) in [4.78, 5) is 10.2. The van der Waals surface area contributed by atoms with Crippen molar-refractivity contribution in [3.05, 3.63) is 10.7 Å². The number of halogens is 1. The first kappa shape index (κ1) is 11.6. The predicted octanol–water partition coefficient (Wildman–Crippen LogP) is 1.17. The summed E-state index contributed by atoms with van der Waals surface area (Å²) in [6.07, 6.45) is 5.19. The number of nitrogens with two attached hydrogens (primary N) is 1. The third-order valence-electron chi connectivity index (χ3n) is 2.87. The summed E-state index contributed by atoms with van der Waals surface area (Å²) in [5.41, 5.74) is 5.59. The van der Waals surface area contributed by atoms with Crippen molar-refractivity contribution in [1.82, 2.24) is 9.97 Å². The van der Waals surface area contributed by atoms with Gasteiger partial charge in [0.2, 0.25) is 5.95 Å². The molecule has 3 N–H and O–H groups in total. The normalized spacial score (nSPS) is 15.9. The number of hydrogen-bond donors (Lipinski definition) is 2. The van der Waals surface area contributed by atoms with Gasteiger partial charge in [-0.05, 0) is 35.2 Å². The first-order chi connectivity index (χ1) is 7.72. The van der Waals surface area contributed by atoms with E-state index < -0.39 is 0 Å². The van der Waals surface area contributed by atoms with Crippen molar-refractivity contribution in [2.24, 2.45) is 0 Å². The molecule has 1 aromatic heterocycles. The topological polar surface area (TPSA) is 75.3 Å². The van der Waals surface area contributed by atoms with Gasteiger partial charge in [0.1, 0.15) is 5.82 Å². The molecule has 0 spiro atoms. The van der Waals surface area contributed by atoms with Crippen LogP contribution in [0.15, 0.2) is 10.7 Å². The van der Waals surface area contributed by atoms with Crippen molar-refractivity contribution in [3.8, 4) is 0 Å². The van der Waals surface area contributed by atoms with Gasteiger partial charge in [0.25, 0.3) is 0 Å². The molecule has 2 rings (SSSR count). The van der Waals surface area contributed by atoms with Crippen LogP contribution in [0.2, 0.25) is 0 Å². The van der Waals surface area contributed by atoms with Crippen LogP contribution in [0.5, 0.6) is 0 Å². The molecule has 6 heteroatoms. The monoisotopic (exact) mass is 286 g/mol. The molecule has 1 saturated carbocycles. The Morgan fingerprint density at radius 2 is 2.31 bits per heavy atom. The van der Waals surface area contributed by atoms with Gasteiger partial charge in [-0.25, -0.2) is 4.98 Å². The SMILES string of the molecule is Nc1ncc(Br)c(N(CCO)C2CCC2)n1. The summed E-state index contributed by atoms with van der Waals surface area (Å²) in [7, 11) is 0. The first-order valence-corrected chi connectivity index (χ1v) is 6.17. The number of hydrogen-bond acceptors (Lipinski definition) is 5. The number of aliphatic hydroxyl groups excluding tert-OH is 1. The lowest BCUT2D eigenvalue weighted by Crippen LogP contribution is -2.42. The standard InChI is InChI=1S/C10H15BrN4O/c11-8-6-13-10(12)14-9(8)15(4-5-16)7-2-1-3-7/h6-7,16H,1-5H2,(H2,12,13,14). The van der Waals surface area contributed by atoms with E-state index in [4.69, 9.17) is 10.8 Å². The van der Waals surface area contributed by atoms with E-state index in [9.17, 15) is 0 Å². The molecular formula is C10H15BrN4O. The fourth-order valence-electron chi connectivity index (χ4n) is 1.84. The van der Waals surface area contributed by atoms with Crippen molar-refractivity contribution >= 4 is 27.7 Å². The van der Waals surface area contributed by atoms with E-state index in [1.54, 1.807) is 6.20 Å². The Balaban J connectivity index is 2.25. The Labute approximate surface area is 103 Å². The van der Waals surface area contributed by atoms with E-state index in [0.29, 0.717) is 12.6 Å². The number of rotatable bonds is 4. The van der Waals surface area contributed by atoms with E-state index in [2.05, 4.69) is 30.8 Å². The van der Waals surface area contributed by atoms with Gasteiger partial charge < -0.3 is 15.7 Å². The molecule has 0 saturated heterocycles. The van der Waals surface area contributed by atoms with Crippen molar-refractivity contribution in [2.45, 2.75) is 25.3 Å². The van der Waals surface area contributed by atoms with Gasteiger partial charge in [-0.15, -0.1) is 0 Å². The second-order valence-corrected chi connectivity index (χ2v) is 4.76. The summed E-state index contributed by atoms with van der Waals surface area (Å²) < 4.78 is 0.821. The quantitative estimate of drug-likeness (QED) is 0.869. The van der Waals surface area contributed by atoms with Crippen LogP contribution in [0.25, 0.3) is 0 Å². The summed E-state index contributed by atoms with van der Waals surface area (Å²) in [5.74, 6) is 1.05. The van der Waals surface area contributed by atoms with Crippen LogP contribution < -0.4 is 10.6 Å². The zero-order valence-corrected chi connectivity index (χ0v) is 10.5. The molecule has 0 amide bonds. The third-order valence-corrected chi connectivity index (χ3v) is 3.43. The third kappa shape index (κ3) is 2.27. The minimum atomic E-state index is 0.118. The van der Waals surface area contributed by atoms with Crippen LogP contribution in [0, 0.1) is 0 Å². The molecule has 1 aliphatic carbocycles. The lowest BCUT2D eigenvalue weighted by atomic mass is 9.91. The van der Waals surface area contributed by atoms with E-state index in [1.807, 2.05) is 0 Å². The lowest BCUT2D eigenvalue weighted by Gasteiger charge is -2.38. The van der Waals surface area contributed by atoms with Gasteiger partial charge in [0.05, 0.1) is 11.1 Å². The second kappa shape index (κ2) is 4.97. The zero-order valence-electron chi connectivity index (χ0n) is 8.93. The maximum absolute atomic E-state index is 9.10. The maximum Gasteiger partial charge on any atom is 0.222 e. The highest BCUT2D eigenvalue weighted by atomic mass is 79.9. The van der Waals surface area contributed by atoms with Crippen molar-refractivity contribution in [3.63, 3.8) is 0 Å². The molecule has 0 unspecified atom stereocenters. The Morgan fingerprint density at radius 3 is 2.88 bits per heavy atom. The Hall–Kier alpha value is -0.880. The second-order valence-electron chi connectivity index (χ2n) is 3.90. The molecule has 5 nitrogen and oxygen atoms in total. The minimum Gasteiger partial charge on any atom is -0.395 e. The summed E-state index contributed by atoms with van der Waals surface area (Å²) in [5, 5.41) is 9.10. The van der Waals surface area contributed by atoms with E-state index in [-0.39, 0.29) is 12.6 Å². The molecule has 0 aromatic carbocycles. The van der Waals surface area contributed by atoms with Crippen molar-refractivity contribution < 1.29 is 5.11 Å². The summed E-state index contributed by atoms with van der Waals surface area (Å²) >= 11 is 3.42. The van der Waals surface area contributed by atoms with Gasteiger partial charge in [-0.2, -0.15) is 4.98 Å². The smallest absolute Gasteiger partial charge is 0.222 e. The maximum atomic E-state index is 9.10. The van der Waals surface area contributed by atoms with E-state index in [1.165, 1.54) is 6.42 Å². The van der Waals surface area contributed by atoms with Crippen LogP contribution in [-0.4, -0.2) is 34.3 Å². The fourth-order valence-corrected chi connectivity index (χ4v) is 2.26. The fraction of sp³-hybridized carbons (Fsp3) is 0.600. The number of anilines is 2. The zero-order chi connectivity index (χ0) is 11.5. The van der Waals surface area contributed by atoms with Gasteiger partial charge in [-0.3, -0.25) is 0 Å². The van der Waals surface area contributed by atoms with Gasteiger partial charge in [0.15, 0.2) is 0 Å². The van der Waals surface area contributed by atoms with Gasteiger partial charge >= 0.3 is 0 Å². The van der Waals surface area contributed by atoms with Crippen LogP contribution in [0.4, 0.5) is 11.8 Å². The molecule has 1 heterocycles. The molecule has 0 radical (unpaired) electrons. The number of aromatic nitrogens is 2. The molecule has 16 heavy (non-hydrogen) atoms. The summed E-state index contributed by atoms with van der Waals surface area (Å²) in [6, 6.07) is 0.470. The molecule has 0 atom stereocenters. The number of nitrogens with zero attached hydrogens (tertiary/aromatic N) is 3. The lowest BCUT2D eigenvalue weighted by molar-refractivity contribution is 0.283. The molecule has 1 aromatic rings. The molecule has 0 bridgehead atoms. The molecular weight excluding hydrogens is 272 g/mol. The van der Waals surface area contributed by atoms with Crippen molar-refractivity contribution in [2.75, 3.05) is 23.8 Å². The highest BCUT2D eigenvalue weighted by Gasteiger charge is 2.27. The first-order valence-electron chi connectivity index (χ1n) is 5.38. The van der Waals surface area contributed by atoms with Crippen LogP contribution in [0.1, 0.15) is 19.3 Å². The highest BCUT2D eigenvalue weighted by Crippen LogP contribution is 2.32. The minimum absolute atomic E-state index is 0.118. The van der Waals surface area contributed by atoms with Crippen LogP contribution >= 0.6 is 15.9 Å². The van der Waals surface area contributed by atoms with Gasteiger partial charge in [-0.1, -0.05) is 0 Å². The molecule has 1 aliphatic rings. The molecule has 1 fully saturated rings. The number of aliphatic hydroxyl groups is 1. The van der Waals surface area contributed by atoms with E-state index in [0.717, 1.165) is 23.1 Å². The molecule has 88 valence electrons. The number of nitrogen functional groups attached to an aromatic ring is 1. The highest BCUT2D eigenvalue weighted by molar-refractivity contribution is 9.10. The average molecular weight is 287 g/mol. The van der Waals surface area contributed by atoms with Crippen molar-refractivity contribution in [1.29, 1.82) is 0 Å². The summed E-state index contributed by atoms with van der Waals surface area (Å²) in [6.45, 7) is 0.701. The van der Waals surface area contributed by atoms with Gasteiger partial charge in [0, 0.05) is 18.8 Å². The van der Waals surface area contributed by atoms with Crippen LogP contribution in [0.3, 0.4) is 0 Å². The van der Waals surface area contributed by atoms with E-state index >= 15 is 0 Å². The van der Waals surface area contributed by atoms with Crippen LogP contribution in [-0.2, 0) is 0 Å². The Bertz CT molecular complexity index is 370. The average Bonchev–Trinajstić information content (AvgIpc) is 2.18.